The number of H-pyrrole nitrogens is 2. The maximum atomic E-state index is 12.2. The van der Waals surface area contributed by atoms with Gasteiger partial charge in [0.1, 0.15) is 23.0 Å². The molecule has 19 nitrogen and oxygen atoms in total. The zero-order valence-corrected chi connectivity index (χ0v) is 24.2. The van der Waals surface area contributed by atoms with Gasteiger partial charge in [0.25, 0.3) is 11.1 Å². The number of aromatic nitrogens is 8. The van der Waals surface area contributed by atoms with Crippen molar-refractivity contribution in [2.45, 2.75) is 41.5 Å². The fraction of sp³-hybridized carbons (Fsp3) is 0.500. The Morgan fingerprint density at radius 2 is 1.86 bits per heavy atom. The molecule has 2 aliphatic heterocycles. The van der Waals surface area contributed by atoms with E-state index in [9.17, 15) is 25.1 Å². The van der Waals surface area contributed by atoms with E-state index in [0.717, 1.165) is 11.8 Å². The van der Waals surface area contributed by atoms with Crippen molar-refractivity contribution in [1.82, 2.24) is 39.0 Å². The van der Waals surface area contributed by atoms with Crippen LogP contribution in [0.3, 0.4) is 0 Å². The van der Waals surface area contributed by atoms with Crippen LogP contribution in [0.4, 0.5) is 5.95 Å². The molecule has 10 atom stereocenters. The van der Waals surface area contributed by atoms with Gasteiger partial charge < -0.3 is 39.2 Å². The molecule has 2 saturated heterocycles. The Balaban J connectivity index is 1.11. The fourth-order valence-electron chi connectivity index (χ4n) is 4.93. The van der Waals surface area contributed by atoms with E-state index in [1.165, 1.54) is 28.1 Å². The number of nitrogens with one attached hydrogen (secondary N) is 2. The number of aromatic amines is 2. The summed E-state index contributed by atoms with van der Waals surface area (Å²) in [6.45, 7) is 0.107. The van der Waals surface area contributed by atoms with Gasteiger partial charge in [0.05, 0.1) is 38.3 Å². The van der Waals surface area contributed by atoms with E-state index in [2.05, 4.69) is 44.3 Å². The maximum Gasteiger partial charge on any atom is 0.280 e. The van der Waals surface area contributed by atoms with E-state index in [0.29, 0.717) is 0 Å². The molecule has 2 fully saturated rings. The number of fused-ring (bicyclic) bond motifs is 2. The van der Waals surface area contributed by atoms with Gasteiger partial charge in [-0.3, -0.25) is 29.0 Å². The Morgan fingerprint density at radius 3 is 2.62 bits per heavy atom. The lowest BCUT2D eigenvalue weighted by atomic mass is 9.99. The highest BCUT2D eigenvalue weighted by molar-refractivity contribution is 8.00. The molecule has 0 aliphatic carbocycles. The molecule has 0 bridgehead atoms. The Morgan fingerprint density at radius 1 is 1.10 bits per heavy atom. The number of imidazole rings is 2. The SMILES string of the molecule is Nc1nc2c(ncn2[C@@H]2SC(OPOC[C@H]3[C@@H](O)[C@H](n4cnc5c(=O)[nH]cnc54)O[C@@H]3COP)[C@@H](O)[C@H]2OO)c(=O)[nH]1. The lowest BCUT2D eigenvalue weighted by Crippen LogP contribution is -2.34. The van der Waals surface area contributed by atoms with Crippen LogP contribution in [0.1, 0.15) is 11.6 Å². The first kappa shape index (κ1) is 29.5. The molecule has 0 radical (unpaired) electrons. The average molecular weight is 645 g/mol. The molecule has 4 aromatic heterocycles. The Kier molecular flexibility index (Phi) is 8.54. The number of rotatable bonds is 10. The third-order valence-electron chi connectivity index (χ3n) is 6.94. The minimum absolute atomic E-state index is 0.00951. The number of nitrogens with two attached hydrogens (primary N) is 1. The molecular formula is C20H25N9O10P2S. The highest BCUT2D eigenvalue weighted by atomic mass is 32.2. The smallest absolute Gasteiger partial charge is 0.280 e. The van der Waals surface area contributed by atoms with Gasteiger partial charge >= 0.3 is 0 Å². The summed E-state index contributed by atoms with van der Waals surface area (Å²) in [7, 11) is 1.53. The van der Waals surface area contributed by atoms with Crippen molar-refractivity contribution in [3.05, 3.63) is 39.7 Å². The van der Waals surface area contributed by atoms with Crippen LogP contribution in [0.5, 0.6) is 0 Å². The zero-order chi connectivity index (χ0) is 29.5. The van der Waals surface area contributed by atoms with Crippen LogP contribution >= 0.6 is 30.3 Å². The second-order valence-electron chi connectivity index (χ2n) is 9.35. The summed E-state index contributed by atoms with van der Waals surface area (Å²) in [5, 5.41) is 30.6. The van der Waals surface area contributed by atoms with Crippen molar-refractivity contribution in [1.29, 1.82) is 0 Å². The van der Waals surface area contributed by atoms with Crippen LogP contribution in [-0.4, -0.2) is 97.6 Å². The lowest BCUT2D eigenvalue weighted by Gasteiger charge is -2.21. The molecule has 22 heteroatoms. The Labute approximate surface area is 242 Å². The van der Waals surface area contributed by atoms with Crippen LogP contribution in [0.25, 0.3) is 22.3 Å². The summed E-state index contributed by atoms with van der Waals surface area (Å²) < 4.78 is 25.6. The molecule has 0 spiro atoms. The first-order chi connectivity index (χ1) is 20.3. The van der Waals surface area contributed by atoms with E-state index < -0.39 is 67.5 Å². The molecule has 6 rings (SSSR count). The van der Waals surface area contributed by atoms with E-state index >= 15 is 0 Å². The molecular weight excluding hydrogens is 620 g/mol. The quantitative estimate of drug-likeness (QED) is 0.0515. The largest absolute Gasteiger partial charge is 0.388 e. The molecule has 0 amide bonds. The van der Waals surface area contributed by atoms with Gasteiger partial charge in [0.15, 0.2) is 43.7 Å². The summed E-state index contributed by atoms with van der Waals surface area (Å²) in [6, 6.07) is 0. The Bertz CT molecular complexity index is 1690. The summed E-state index contributed by atoms with van der Waals surface area (Å²) in [5.41, 5.74) is 4.31. The van der Waals surface area contributed by atoms with Gasteiger partial charge in [-0.15, -0.1) is 0 Å². The van der Waals surface area contributed by atoms with Crippen LogP contribution in [0, 0.1) is 5.92 Å². The predicted molar refractivity (Wildman–Crippen MR) is 149 cm³/mol. The number of nitrogens with zero attached hydrogens (tertiary/aromatic N) is 6. The topological polar surface area (TPSA) is 260 Å². The van der Waals surface area contributed by atoms with Gasteiger partial charge in [-0.25, -0.2) is 19.8 Å². The first-order valence-electron chi connectivity index (χ1n) is 12.3. The zero-order valence-electron chi connectivity index (χ0n) is 21.2. The second kappa shape index (κ2) is 12.2. The first-order valence-corrected chi connectivity index (χ1v) is 14.5. The third-order valence-corrected chi connectivity index (χ3v) is 9.35. The van der Waals surface area contributed by atoms with Gasteiger partial charge in [-0.05, 0) is 0 Å². The van der Waals surface area contributed by atoms with Gasteiger partial charge in [0.2, 0.25) is 5.95 Å². The minimum atomic E-state index is -1.30. The fourth-order valence-corrected chi connectivity index (χ4v) is 7.26. The number of ether oxygens (including phenoxy) is 1. The molecule has 7 N–H and O–H groups in total. The number of anilines is 1. The van der Waals surface area contributed by atoms with Gasteiger partial charge in [-0.2, -0.15) is 4.98 Å². The molecule has 4 aromatic rings. The van der Waals surface area contributed by atoms with Gasteiger partial charge in [0, 0.05) is 15.4 Å². The number of nitrogen functional groups attached to an aromatic ring is 1. The maximum absolute atomic E-state index is 12.2. The number of hydrogen-bond donors (Lipinski definition) is 6. The molecule has 3 unspecified atom stereocenters. The molecule has 42 heavy (non-hydrogen) atoms. The third kappa shape index (κ3) is 5.22. The lowest BCUT2D eigenvalue weighted by molar-refractivity contribution is -0.299. The number of hydrogen-bond acceptors (Lipinski definition) is 16. The average Bonchev–Trinajstić information content (AvgIpc) is 3.72. The highest BCUT2D eigenvalue weighted by Crippen LogP contribution is 2.47. The van der Waals surface area contributed by atoms with Crippen molar-refractivity contribution in [2.75, 3.05) is 18.9 Å². The summed E-state index contributed by atoms with van der Waals surface area (Å²) in [4.78, 5) is 49.9. The Hall–Kier alpha value is -2.61. The van der Waals surface area contributed by atoms with E-state index in [4.69, 9.17) is 24.0 Å². The normalized spacial score (nSPS) is 30.0. The van der Waals surface area contributed by atoms with Crippen molar-refractivity contribution in [2.24, 2.45) is 5.92 Å². The van der Waals surface area contributed by atoms with Crippen LogP contribution in [-0.2, 0) is 23.2 Å². The molecule has 226 valence electrons. The summed E-state index contributed by atoms with van der Waals surface area (Å²) in [5.74, 6) is -0.695. The van der Waals surface area contributed by atoms with Crippen molar-refractivity contribution in [3.63, 3.8) is 0 Å². The predicted octanol–water partition coefficient (Wildman–Crippen LogP) is -1.15. The van der Waals surface area contributed by atoms with Crippen LogP contribution < -0.4 is 16.9 Å². The van der Waals surface area contributed by atoms with Crippen LogP contribution in [0.15, 0.2) is 28.6 Å². The number of aliphatic hydroxyl groups is 2. The number of thioether (sulfide) groups is 1. The van der Waals surface area contributed by atoms with Gasteiger partial charge in [-0.1, -0.05) is 11.8 Å². The second-order valence-corrected chi connectivity index (χ2v) is 11.6. The monoisotopic (exact) mass is 645 g/mol. The van der Waals surface area contributed by atoms with Crippen LogP contribution in [0.2, 0.25) is 0 Å². The van der Waals surface area contributed by atoms with Crippen molar-refractivity contribution in [3.8, 4) is 0 Å². The molecule has 2 aliphatic rings. The highest BCUT2D eigenvalue weighted by Gasteiger charge is 2.48. The summed E-state index contributed by atoms with van der Waals surface area (Å²) >= 11 is 1.09. The van der Waals surface area contributed by atoms with E-state index in [1.54, 1.807) is 0 Å². The van der Waals surface area contributed by atoms with Crippen molar-refractivity contribution >= 4 is 58.5 Å². The van der Waals surface area contributed by atoms with Crippen molar-refractivity contribution < 1.29 is 38.7 Å². The molecule has 0 saturated carbocycles. The molecule has 6 heterocycles. The van der Waals surface area contributed by atoms with E-state index in [-0.39, 0.29) is 41.5 Å². The van der Waals surface area contributed by atoms with E-state index in [1.807, 2.05) is 0 Å². The molecule has 0 aromatic carbocycles. The summed E-state index contributed by atoms with van der Waals surface area (Å²) in [6.07, 6.45) is -1.12. The number of aliphatic hydroxyl groups excluding tert-OH is 2. The minimum Gasteiger partial charge on any atom is -0.388 e. The standard InChI is InChI=1S/C20H25N9O10P2S/c21-20-26-14-9(16(33)27-20)25-5-29(14)18-12(38-34)11(31)19(42-18)39-41-36-1-6-7(2-35-40)37-17(10(6)30)28-4-24-8-13(28)22-3-23-15(8)32/h3-7,10-12,17-19,30-31,34,41H,1-2,40H2,(H,22,23,32)(H3,21,26,27,33)/t6-,7-,10-,11+,12-,17-,18-,19?/m1/s1.